The number of guanidine groups is 1. The first-order chi connectivity index (χ1) is 11.3. The van der Waals surface area contributed by atoms with Gasteiger partial charge in [0.1, 0.15) is 0 Å². The van der Waals surface area contributed by atoms with Crippen molar-refractivity contribution < 1.29 is 9.59 Å². The van der Waals surface area contributed by atoms with E-state index in [9.17, 15) is 9.59 Å². The Bertz CT molecular complexity index is 585. The van der Waals surface area contributed by atoms with Gasteiger partial charge in [-0.05, 0) is 17.7 Å². The van der Waals surface area contributed by atoms with Crippen molar-refractivity contribution in [3.63, 3.8) is 0 Å². The molecule has 2 amide bonds. The van der Waals surface area contributed by atoms with Crippen LogP contribution in [0.1, 0.15) is 22.3 Å². The van der Waals surface area contributed by atoms with Crippen molar-refractivity contribution in [2.75, 3.05) is 41.8 Å². The van der Waals surface area contributed by atoms with Gasteiger partial charge in [-0.2, -0.15) is 0 Å². The zero-order chi connectivity index (χ0) is 18.1. The highest BCUT2D eigenvalue weighted by Crippen LogP contribution is 2.06. The number of nitrogens with one attached hydrogen (secondary N) is 2. The fourth-order valence-corrected chi connectivity index (χ4v) is 1.94. The normalized spacial score (nSPS) is 10.5. The minimum atomic E-state index is -0.0162. The number of hydrogen-bond acceptors (Lipinski definition) is 3. The number of aliphatic imine (C=N–C) groups is 1. The predicted molar refractivity (Wildman–Crippen MR) is 111 cm³/mol. The largest absolute Gasteiger partial charge is 0.356 e. The number of halogens is 1. The van der Waals surface area contributed by atoms with Crippen LogP contribution in [0.3, 0.4) is 0 Å². The maximum absolute atomic E-state index is 11.8. The standard InChI is InChI=1S/C17H27N5O2.HI/c1-18-17(19-11-10-15(23)21(2)3)20-12-13-6-8-14(9-7-13)16(24)22(4)5;/h6-9H,10-12H2,1-5H3,(H2,18,19,20);1H. The maximum atomic E-state index is 11.8. The van der Waals surface area contributed by atoms with Crippen molar-refractivity contribution in [2.45, 2.75) is 13.0 Å². The number of nitrogens with zero attached hydrogens (tertiary/aromatic N) is 3. The van der Waals surface area contributed by atoms with E-state index < -0.39 is 0 Å². The molecule has 0 fully saturated rings. The number of carbonyl (C=O) groups is 2. The van der Waals surface area contributed by atoms with Gasteiger partial charge in [0.2, 0.25) is 5.91 Å². The van der Waals surface area contributed by atoms with Crippen LogP contribution in [-0.4, -0.2) is 69.4 Å². The summed E-state index contributed by atoms with van der Waals surface area (Å²) < 4.78 is 0. The van der Waals surface area contributed by atoms with Gasteiger partial charge in [0.15, 0.2) is 5.96 Å². The molecule has 0 saturated heterocycles. The molecule has 1 rings (SSSR count). The van der Waals surface area contributed by atoms with Crippen LogP contribution in [0.5, 0.6) is 0 Å². The summed E-state index contributed by atoms with van der Waals surface area (Å²) in [6.45, 7) is 1.10. The first-order valence-corrected chi connectivity index (χ1v) is 7.80. The molecule has 0 spiro atoms. The molecule has 0 aliphatic carbocycles. The van der Waals surface area contributed by atoms with E-state index in [2.05, 4.69) is 15.6 Å². The lowest BCUT2D eigenvalue weighted by Gasteiger charge is -2.14. The van der Waals surface area contributed by atoms with Crippen LogP contribution < -0.4 is 10.6 Å². The molecule has 1 aromatic carbocycles. The second-order valence-corrected chi connectivity index (χ2v) is 5.79. The number of carbonyl (C=O) groups excluding carboxylic acids is 2. The molecular formula is C17H28IN5O2. The average molecular weight is 461 g/mol. The Morgan fingerprint density at radius 2 is 1.60 bits per heavy atom. The summed E-state index contributed by atoms with van der Waals surface area (Å²) in [7, 11) is 8.62. The summed E-state index contributed by atoms with van der Waals surface area (Å²) in [5, 5.41) is 6.28. The number of hydrogen-bond donors (Lipinski definition) is 2. The van der Waals surface area contributed by atoms with Crippen LogP contribution in [0.4, 0.5) is 0 Å². The van der Waals surface area contributed by atoms with E-state index in [4.69, 9.17) is 0 Å². The van der Waals surface area contributed by atoms with Crippen LogP contribution in [0.2, 0.25) is 0 Å². The van der Waals surface area contributed by atoms with E-state index in [1.165, 1.54) is 0 Å². The molecule has 0 aliphatic rings. The summed E-state index contributed by atoms with van der Waals surface area (Å²) in [6.07, 6.45) is 0.412. The van der Waals surface area contributed by atoms with Crippen molar-refractivity contribution in [1.29, 1.82) is 0 Å². The van der Waals surface area contributed by atoms with Gasteiger partial charge in [0, 0.05) is 60.3 Å². The molecule has 0 bridgehead atoms. The lowest BCUT2D eigenvalue weighted by molar-refractivity contribution is -0.128. The van der Waals surface area contributed by atoms with Crippen LogP contribution in [0, 0.1) is 0 Å². The van der Waals surface area contributed by atoms with Gasteiger partial charge in [-0.3, -0.25) is 14.6 Å². The third-order valence-corrected chi connectivity index (χ3v) is 3.42. The molecule has 0 heterocycles. The van der Waals surface area contributed by atoms with Crippen LogP contribution >= 0.6 is 24.0 Å². The SMILES string of the molecule is CN=C(NCCC(=O)N(C)C)NCc1ccc(C(=O)N(C)C)cc1.I. The molecule has 7 nitrogen and oxygen atoms in total. The van der Waals surface area contributed by atoms with Gasteiger partial charge >= 0.3 is 0 Å². The monoisotopic (exact) mass is 461 g/mol. The molecule has 25 heavy (non-hydrogen) atoms. The van der Waals surface area contributed by atoms with E-state index >= 15 is 0 Å². The summed E-state index contributed by atoms with van der Waals surface area (Å²) in [4.78, 5) is 30.6. The molecule has 0 radical (unpaired) electrons. The van der Waals surface area contributed by atoms with Crippen LogP contribution in [0.25, 0.3) is 0 Å². The Morgan fingerprint density at radius 1 is 1.00 bits per heavy atom. The molecule has 140 valence electrons. The zero-order valence-electron chi connectivity index (χ0n) is 15.5. The van der Waals surface area contributed by atoms with Gasteiger partial charge in [-0.1, -0.05) is 12.1 Å². The molecule has 0 unspecified atom stereocenters. The van der Waals surface area contributed by atoms with Crippen LogP contribution in [0.15, 0.2) is 29.3 Å². The first kappa shape index (κ1) is 23.2. The van der Waals surface area contributed by atoms with Crippen molar-refractivity contribution >= 4 is 41.8 Å². The molecule has 0 saturated carbocycles. The highest BCUT2D eigenvalue weighted by molar-refractivity contribution is 14.0. The second kappa shape index (κ2) is 11.7. The third kappa shape index (κ3) is 8.19. The number of benzene rings is 1. The van der Waals surface area contributed by atoms with Gasteiger partial charge in [0.05, 0.1) is 0 Å². The lowest BCUT2D eigenvalue weighted by Crippen LogP contribution is -2.38. The quantitative estimate of drug-likeness (QED) is 0.379. The fourth-order valence-electron chi connectivity index (χ4n) is 1.94. The fraction of sp³-hybridized carbons (Fsp3) is 0.471. The molecule has 0 aliphatic heterocycles. The van der Waals surface area contributed by atoms with Gasteiger partial charge < -0.3 is 20.4 Å². The Labute approximate surface area is 166 Å². The van der Waals surface area contributed by atoms with Crippen molar-refractivity contribution in [3.8, 4) is 0 Å². The summed E-state index contributed by atoms with van der Waals surface area (Å²) in [5.74, 6) is 0.687. The summed E-state index contributed by atoms with van der Waals surface area (Å²) in [5.41, 5.74) is 1.70. The minimum Gasteiger partial charge on any atom is -0.356 e. The molecule has 2 N–H and O–H groups in total. The molecule has 0 aromatic heterocycles. The van der Waals surface area contributed by atoms with Crippen molar-refractivity contribution in [1.82, 2.24) is 20.4 Å². The Balaban J connectivity index is 0.00000576. The van der Waals surface area contributed by atoms with Gasteiger partial charge in [-0.25, -0.2) is 0 Å². The van der Waals surface area contributed by atoms with Gasteiger partial charge in [0.25, 0.3) is 5.91 Å². The highest BCUT2D eigenvalue weighted by atomic mass is 127. The summed E-state index contributed by atoms with van der Waals surface area (Å²) >= 11 is 0. The lowest BCUT2D eigenvalue weighted by atomic mass is 10.1. The Morgan fingerprint density at radius 3 is 2.08 bits per heavy atom. The topological polar surface area (TPSA) is 77.0 Å². The third-order valence-electron chi connectivity index (χ3n) is 3.42. The molecular weight excluding hydrogens is 433 g/mol. The Hall–Kier alpha value is -1.84. The molecule has 0 atom stereocenters. The second-order valence-electron chi connectivity index (χ2n) is 5.79. The average Bonchev–Trinajstić information content (AvgIpc) is 2.57. The smallest absolute Gasteiger partial charge is 0.253 e. The number of rotatable bonds is 6. The molecule has 8 heteroatoms. The maximum Gasteiger partial charge on any atom is 0.253 e. The Kier molecular flexibility index (Phi) is 10.8. The predicted octanol–water partition coefficient (Wildman–Crippen LogP) is 1.15. The van der Waals surface area contributed by atoms with E-state index in [1.54, 1.807) is 45.0 Å². The van der Waals surface area contributed by atoms with Gasteiger partial charge in [-0.15, -0.1) is 24.0 Å². The van der Waals surface area contributed by atoms with Crippen molar-refractivity contribution in [3.05, 3.63) is 35.4 Å². The van der Waals surface area contributed by atoms with E-state index in [0.29, 0.717) is 31.0 Å². The van der Waals surface area contributed by atoms with E-state index in [0.717, 1.165) is 5.56 Å². The van der Waals surface area contributed by atoms with E-state index in [-0.39, 0.29) is 35.8 Å². The first-order valence-electron chi connectivity index (χ1n) is 7.80. The zero-order valence-corrected chi connectivity index (χ0v) is 17.8. The van der Waals surface area contributed by atoms with E-state index in [1.807, 2.05) is 24.3 Å². The van der Waals surface area contributed by atoms with Crippen molar-refractivity contribution in [2.24, 2.45) is 4.99 Å². The highest BCUT2D eigenvalue weighted by Gasteiger charge is 2.07. The minimum absolute atomic E-state index is 0. The van der Waals surface area contributed by atoms with Crippen LogP contribution in [-0.2, 0) is 11.3 Å². The summed E-state index contributed by atoms with van der Waals surface area (Å²) in [6, 6.07) is 7.44. The molecule has 1 aromatic rings. The number of amides is 2.